The third-order valence-corrected chi connectivity index (χ3v) is 5.08. The van der Waals surface area contributed by atoms with E-state index in [0.717, 1.165) is 6.20 Å². The van der Waals surface area contributed by atoms with Gasteiger partial charge >= 0.3 is 5.97 Å². The number of aromatic amines is 1. The second kappa shape index (κ2) is 8.03. The fraction of sp³-hybridized carbons (Fsp3) is 0.273. The predicted molar refractivity (Wildman–Crippen MR) is 114 cm³/mol. The van der Waals surface area contributed by atoms with Crippen molar-refractivity contribution in [1.29, 1.82) is 0 Å². The van der Waals surface area contributed by atoms with Crippen molar-refractivity contribution in [3.63, 3.8) is 0 Å². The van der Waals surface area contributed by atoms with E-state index in [4.69, 9.17) is 4.42 Å². The van der Waals surface area contributed by atoms with Gasteiger partial charge in [-0.25, -0.2) is 23.7 Å². The molecule has 8 nitrogen and oxygen atoms in total. The molecule has 0 fully saturated rings. The minimum Gasteiger partial charge on any atom is -0.481 e. The SMILES string of the molecule is CC(C)(C)[C@@H](CC(=O)O)Nc1nc(-c2c[nH]c3ncc(F)cc23)nc(-c2ccco2)c1F. The Morgan fingerprint density at radius 1 is 1.31 bits per heavy atom. The number of carbonyl (C=O) groups is 1. The summed E-state index contributed by atoms with van der Waals surface area (Å²) in [5, 5.41) is 12.7. The lowest BCUT2D eigenvalue weighted by atomic mass is 9.84. The van der Waals surface area contributed by atoms with Crippen LogP contribution in [-0.2, 0) is 4.79 Å². The smallest absolute Gasteiger partial charge is 0.305 e. The lowest BCUT2D eigenvalue weighted by molar-refractivity contribution is -0.137. The third-order valence-electron chi connectivity index (χ3n) is 5.08. The van der Waals surface area contributed by atoms with Gasteiger partial charge in [-0.1, -0.05) is 20.8 Å². The number of pyridine rings is 1. The van der Waals surface area contributed by atoms with Gasteiger partial charge in [-0.2, -0.15) is 0 Å². The van der Waals surface area contributed by atoms with Crippen molar-refractivity contribution in [1.82, 2.24) is 19.9 Å². The number of nitrogens with zero attached hydrogens (tertiary/aromatic N) is 3. The number of fused-ring (bicyclic) bond motifs is 1. The van der Waals surface area contributed by atoms with Crippen LogP contribution in [0.3, 0.4) is 0 Å². The molecule has 0 radical (unpaired) electrons. The minimum atomic E-state index is -1.03. The number of carboxylic acid groups (broad SMARTS) is 1. The number of aromatic nitrogens is 4. The van der Waals surface area contributed by atoms with Gasteiger partial charge in [-0.05, 0) is 23.6 Å². The fourth-order valence-corrected chi connectivity index (χ4v) is 3.32. The lowest BCUT2D eigenvalue weighted by Crippen LogP contribution is -2.36. The van der Waals surface area contributed by atoms with E-state index in [1.807, 2.05) is 20.8 Å². The summed E-state index contributed by atoms with van der Waals surface area (Å²) < 4.78 is 34.6. The number of hydrogen-bond donors (Lipinski definition) is 3. The van der Waals surface area contributed by atoms with E-state index in [-0.39, 0.29) is 29.5 Å². The molecular formula is C22H21F2N5O3. The number of rotatable bonds is 6. The molecule has 0 saturated heterocycles. The van der Waals surface area contributed by atoms with Crippen molar-refractivity contribution >= 4 is 22.8 Å². The predicted octanol–water partition coefficient (Wildman–Crippen LogP) is 4.86. The molecule has 4 aromatic rings. The zero-order valence-electron chi connectivity index (χ0n) is 17.6. The molecule has 0 aliphatic carbocycles. The number of carboxylic acids is 1. The summed E-state index contributed by atoms with van der Waals surface area (Å²) in [6, 6.07) is 3.79. The van der Waals surface area contributed by atoms with E-state index in [2.05, 4.69) is 25.3 Å². The van der Waals surface area contributed by atoms with Crippen molar-refractivity contribution < 1.29 is 23.1 Å². The number of hydrogen-bond acceptors (Lipinski definition) is 6. The first-order valence-electron chi connectivity index (χ1n) is 9.86. The maximum absolute atomic E-state index is 15.4. The Labute approximate surface area is 181 Å². The number of nitrogens with one attached hydrogen (secondary N) is 2. The van der Waals surface area contributed by atoms with Crippen molar-refractivity contribution in [2.24, 2.45) is 5.41 Å². The summed E-state index contributed by atoms with van der Waals surface area (Å²) >= 11 is 0. The molecule has 0 amide bonds. The molecule has 3 N–H and O–H groups in total. The Balaban J connectivity index is 1.89. The molecule has 32 heavy (non-hydrogen) atoms. The molecule has 4 aromatic heterocycles. The van der Waals surface area contributed by atoms with E-state index in [1.54, 1.807) is 18.3 Å². The van der Waals surface area contributed by atoms with Crippen molar-refractivity contribution in [2.75, 3.05) is 5.32 Å². The van der Waals surface area contributed by atoms with Gasteiger partial charge in [0.1, 0.15) is 17.2 Å². The lowest BCUT2D eigenvalue weighted by Gasteiger charge is -2.31. The Morgan fingerprint density at radius 3 is 2.75 bits per heavy atom. The second-order valence-electron chi connectivity index (χ2n) is 8.45. The molecular weight excluding hydrogens is 420 g/mol. The Hall–Kier alpha value is -3.82. The molecule has 0 aliphatic rings. The summed E-state index contributed by atoms with van der Waals surface area (Å²) in [4.78, 5) is 26.9. The molecule has 4 heterocycles. The average Bonchev–Trinajstić information content (AvgIpc) is 3.37. The van der Waals surface area contributed by atoms with Gasteiger partial charge in [0.05, 0.1) is 18.9 Å². The average molecular weight is 441 g/mol. The van der Waals surface area contributed by atoms with Crippen LogP contribution in [0.25, 0.3) is 33.9 Å². The highest BCUT2D eigenvalue weighted by atomic mass is 19.1. The van der Waals surface area contributed by atoms with Crippen LogP contribution >= 0.6 is 0 Å². The van der Waals surface area contributed by atoms with Crippen LogP contribution in [0.2, 0.25) is 0 Å². The fourth-order valence-electron chi connectivity index (χ4n) is 3.32. The molecule has 0 spiro atoms. The summed E-state index contributed by atoms with van der Waals surface area (Å²) in [5.74, 6) is -2.27. The van der Waals surface area contributed by atoms with Crippen LogP contribution in [0.5, 0.6) is 0 Å². The van der Waals surface area contributed by atoms with Crippen LogP contribution < -0.4 is 5.32 Å². The summed E-state index contributed by atoms with van der Waals surface area (Å²) in [6.07, 6.45) is 3.77. The highest BCUT2D eigenvalue weighted by Crippen LogP contribution is 2.33. The highest BCUT2D eigenvalue weighted by Gasteiger charge is 2.30. The van der Waals surface area contributed by atoms with Crippen LogP contribution in [0.4, 0.5) is 14.6 Å². The van der Waals surface area contributed by atoms with E-state index in [9.17, 15) is 14.3 Å². The first-order chi connectivity index (χ1) is 15.1. The van der Waals surface area contributed by atoms with Crippen molar-refractivity contribution in [3.8, 4) is 22.8 Å². The minimum absolute atomic E-state index is 0.0990. The largest absolute Gasteiger partial charge is 0.481 e. The van der Waals surface area contributed by atoms with Gasteiger partial charge < -0.3 is 19.8 Å². The first-order valence-corrected chi connectivity index (χ1v) is 9.86. The van der Waals surface area contributed by atoms with Crippen LogP contribution in [0, 0.1) is 17.0 Å². The molecule has 1 atom stereocenters. The van der Waals surface area contributed by atoms with Gasteiger partial charge in [0.2, 0.25) is 0 Å². The van der Waals surface area contributed by atoms with Crippen molar-refractivity contribution in [2.45, 2.75) is 33.2 Å². The number of aliphatic carboxylic acids is 1. The molecule has 10 heteroatoms. The number of halogens is 2. The first kappa shape index (κ1) is 21.4. The Kier molecular flexibility index (Phi) is 5.37. The van der Waals surface area contributed by atoms with Crippen LogP contribution in [0.1, 0.15) is 27.2 Å². The molecule has 4 rings (SSSR count). The second-order valence-corrected chi connectivity index (χ2v) is 8.45. The highest BCUT2D eigenvalue weighted by molar-refractivity contribution is 5.92. The van der Waals surface area contributed by atoms with Gasteiger partial charge in [0.25, 0.3) is 0 Å². The van der Waals surface area contributed by atoms with Gasteiger partial charge in [0, 0.05) is 23.2 Å². The van der Waals surface area contributed by atoms with E-state index in [0.29, 0.717) is 16.6 Å². The third kappa shape index (κ3) is 4.16. The molecule has 0 aliphatic heterocycles. The Morgan fingerprint density at radius 2 is 2.09 bits per heavy atom. The number of H-pyrrole nitrogens is 1. The topological polar surface area (TPSA) is 117 Å². The van der Waals surface area contributed by atoms with E-state index in [1.165, 1.54) is 12.3 Å². The maximum atomic E-state index is 15.4. The molecule has 0 saturated carbocycles. The normalized spacial score (nSPS) is 12.8. The molecule has 0 aromatic carbocycles. The zero-order valence-corrected chi connectivity index (χ0v) is 17.6. The van der Waals surface area contributed by atoms with Crippen molar-refractivity contribution in [3.05, 3.63) is 48.5 Å². The summed E-state index contributed by atoms with van der Waals surface area (Å²) in [5.41, 5.74) is 0.202. The maximum Gasteiger partial charge on any atom is 0.305 e. The van der Waals surface area contributed by atoms with E-state index >= 15 is 4.39 Å². The standard InChI is InChI=1S/C22H21F2N5O3/c1-22(2,3)15(8-16(30)31)27-21-17(24)18(14-5-4-6-32-14)28-20(29-21)13-10-26-19-12(13)7-11(23)9-25-19/h4-7,9-10,15H,8H2,1-3H3,(H,25,26)(H,30,31)(H,27,28,29)/t15-/m1/s1. The van der Waals surface area contributed by atoms with Gasteiger partial charge in [-0.3, -0.25) is 4.79 Å². The zero-order chi connectivity index (χ0) is 23.0. The number of anilines is 1. The summed E-state index contributed by atoms with van der Waals surface area (Å²) in [7, 11) is 0. The van der Waals surface area contributed by atoms with Gasteiger partial charge in [-0.15, -0.1) is 0 Å². The number of furan rings is 1. The van der Waals surface area contributed by atoms with E-state index < -0.39 is 29.1 Å². The quantitative estimate of drug-likeness (QED) is 0.391. The molecule has 166 valence electrons. The monoisotopic (exact) mass is 441 g/mol. The molecule has 0 unspecified atom stereocenters. The summed E-state index contributed by atoms with van der Waals surface area (Å²) in [6.45, 7) is 5.53. The molecule has 0 bridgehead atoms. The van der Waals surface area contributed by atoms with Crippen LogP contribution in [-0.4, -0.2) is 37.1 Å². The van der Waals surface area contributed by atoms with Crippen LogP contribution in [0.15, 0.2) is 41.3 Å². The Bertz CT molecular complexity index is 1280. The van der Waals surface area contributed by atoms with Gasteiger partial charge in [0.15, 0.2) is 23.2 Å².